The van der Waals surface area contributed by atoms with Gasteiger partial charge in [0.1, 0.15) is 6.29 Å². The minimum Gasteiger partial charge on any atom is -0.303 e. The summed E-state index contributed by atoms with van der Waals surface area (Å²) < 4.78 is 0. The number of aldehydes is 1. The first-order chi connectivity index (χ1) is 10.2. The summed E-state index contributed by atoms with van der Waals surface area (Å²) in [6.07, 6.45) is 1.51. The lowest BCUT2D eigenvalue weighted by molar-refractivity contribution is -0.107. The van der Waals surface area contributed by atoms with E-state index >= 15 is 0 Å². The molecular weight excluding hydrogens is 256 g/mol. The van der Waals surface area contributed by atoms with Crippen molar-refractivity contribution in [1.82, 2.24) is 0 Å². The Morgan fingerprint density at radius 3 is 2.33 bits per heavy atom. The lowest BCUT2D eigenvalue weighted by Crippen LogP contribution is -1.98. The summed E-state index contributed by atoms with van der Waals surface area (Å²) in [6.45, 7) is 4.29. The number of hydrogen-bond donors (Lipinski definition) is 0. The summed E-state index contributed by atoms with van der Waals surface area (Å²) in [5.74, 6) is 0. The van der Waals surface area contributed by atoms with Gasteiger partial charge < -0.3 is 4.79 Å². The molecule has 102 valence electrons. The molecule has 1 heteroatoms. The van der Waals surface area contributed by atoms with Crippen molar-refractivity contribution in [2.45, 2.75) is 20.3 Å². The fourth-order valence-corrected chi connectivity index (χ4v) is 3.80. The first-order valence-electron chi connectivity index (χ1n) is 7.32. The van der Waals surface area contributed by atoms with E-state index in [1.54, 1.807) is 0 Å². The van der Waals surface area contributed by atoms with Crippen LogP contribution in [0.3, 0.4) is 0 Å². The first kappa shape index (κ1) is 12.3. The molecule has 21 heavy (non-hydrogen) atoms. The predicted molar refractivity (Wildman–Crippen MR) is 87.6 cm³/mol. The van der Waals surface area contributed by atoms with Gasteiger partial charge >= 0.3 is 0 Å². The molecule has 1 nitrogen and oxygen atoms in total. The summed E-state index contributed by atoms with van der Waals surface area (Å²) in [4.78, 5) is 11.1. The van der Waals surface area contributed by atoms with Crippen molar-refractivity contribution >= 4 is 17.1 Å². The van der Waals surface area contributed by atoms with Crippen molar-refractivity contribution < 1.29 is 4.79 Å². The van der Waals surface area contributed by atoms with E-state index in [1.807, 2.05) is 0 Å². The van der Waals surface area contributed by atoms with Gasteiger partial charge in [0.2, 0.25) is 0 Å². The van der Waals surface area contributed by atoms with Crippen molar-refractivity contribution in [1.29, 1.82) is 0 Å². The van der Waals surface area contributed by atoms with E-state index in [2.05, 4.69) is 56.3 Å². The van der Waals surface area contributed by atoms with Crippen molar-refractivity contribution in [2.24, 2.45) is 0 Å². The van der Waals surface area contributed by atoms with Crippen molar-refractivity contribution in [3.8, 4) is 22.3 Å². The molecule has 0 bridgehead atoms. The third-order valence-corrected chi connectivity index (χ3v) is 4.77. The molecule has 0 aliphatic heterocycles. The Kier molecular flexibility index (Phi) is 2.52. The van der Waals surface area contributed by atoms with Gasteiger partial charge in [-0.15, -0.1) is 0 Å². The zero-order valence-corrected chi connectivity index (χ0v) is 12.2. The summed E-state index contributed by atoms with van der Waals surface area (Å²) in [5, 5.41) is 2.63. The molecule has 0 atom stereocenters. The van der Waals surface area contributed by atoms with E-state index in [-0.39, 0.29) is 0 Å². The molecule has 0 aromatic heterocycles. The zero-order chi connectivity index (χ0) is 14.6. The van der Waals surface area contributed by atoms with Gasteiger partial charge in [-0.3, -0.25) is 0 Å². The monoisotopic (exact) mass is 272 g/mol. The van der Waals surface area contributed by atoms with Crippen molar-refractivity contribution in [3.05, 3.63) is 59.2 Å². The molecule has 0 heterocycles. The molecule has 0 radical (unpaired) electrons. The number of benzene rings is 3. The van der Waals surface area contributed by atoms with E-state index in [9.17, 15) is 4.79 Å². The van der Waals surface area contributed by atoms with Crippen LogP contribution in [0.2, 0.25) is 0 Å². The highest BCUT2D eigenvalue weighted by Gasteiger charge is 2.25. The Morgan fingerprint density at radius 2 is 1.57 bits per heavy atom. The van der Waals surface area contributed by atoms with Crippen molar-refractivity contribution in [2.75, 3.05) is 0 Å². The third-order valence-electron chi connectivity index (χ3n) is 4.77. The number of carbonyl (C=O) groups excluding carboxylic acids is 1. The summed E-state index contributed by atoms with van der Waals surface area (Å²) in [7, 11) is 0. The maximum atomic E-state index is 11.1. The van der Waals surface area contributed by atoms with Crippen LogP contribution in [0.15, 0.2) is 42.5 Å². The van der Waals surface area contributed by atoms with Gasteiger partial charge in [0, 0.05) is 6.42 Å². The molecule has 4 rings (SSSR count). The Morgan fingerprint density at radius 1 is 0.857 bits per heavy atom. The molecule has 0 N–H and O–H groups in total. The second-order valence-electron chi connectivity index (χ2n) is 5.75. The number of fused-ring (bicyclic) bond motifs is 3. The van der Waals surface area contributed by atoms with Crippen LogP contribution in [0.25, 0.3) is 33.0 Å². The zero-order valence-electron chi connectivity index (χ0n) is 12.2. The summed E-state index contributed by atoms with van der Waals surface area (Å²) in [6, 6.07) is 15.1. The molecule has 1 aliphatic rings. The van der Waals surface area contributed by atoms with Gasteiger partial charge in [-0.25, -0.2) is 0 Å². The quantitative estimate of drug-likeness (QED) is 0.477. The van der Waals surface area contributed by atoms with Crippen LogP contribution in [0.4, 0.5) is 0 Å². The smallest absolute Gasteiger partial charge is 0.124 e. The topological polar surface area (TPSA) is 17.1 Å². The standard InChI is InChI=1S/C20H16O/c1-12-14(10-11-21)13(2)19-17-7-4-3-6-16(17)18-9-5-8-15(12)20(18)19/h3-9,11H,10H2,1-2H3. The van der Waals surface area contributed by atoms with Gasteiger partial charge in [0.25, 0.3) is 0 Å². The molecule has 0 saturated heterocycles. The van der Waals surface area contributed by atoms with E-state index in [0.717, 1.165) is 6.29 Å². The van der Waals surface area contributed by atoms with Gasteiger partial charge in [0.05, 0.1) is 0 Å². The van der Waals surface area contributed by atoms with Crippen LogP contribution in [-0.2, 0) is 11.2 Å². The molecule has 0 saturated carbocycles. The maximum absolute atomic E-state index is 11.1. The third kappa shape index (κ3) is 1.49. The van der Waals surface area contributed by atoms with E-state index in [4.69, 9.17) is 0 Å². The molecule has 0 unspecified atom stereocenters. The number of rotatable bonds is 2. The average Bonchev–Trinajstić information content (AvgIpc) is 2.85. The largest absolute Gasteiger partial charge is 0.303 e. The van der Waals surface area contributed by atoms with Crippen LogP contribution in [0.5, 0.6) is 0 Å². The van der Waals surface area contributed by atoms with E-state index < -0.39 is 0 Å². The fraction of sp³-hybridized carbons (Fsp3) is 0.150. The second kappa shape index (κ2) is 4.29. The van der Waals surface area contributed by atoms with Gasteiger partial charge in [0.15, 0.2) is 0 Å². The molecule has 3 aromatic rings. The van der Waals surface area contributed by atoms with Crippen LogP contribution in [-0.4, -0.2) is 6.29 Å². The highest BCUT2D eigenvalue weighted by atomic mass is 16.1. The van der Waals surface area contributed by atoms with E-state index in [0.29, 0.717) is 6.42 Å². The first-order valence-corrected chi connectivity index (χ1v) is 7.32. The van der Waals surface area contributed by atoms with Crippen LogP contribution in [0.1, 0.15) is 16.7 Å². The van der Waals surface area contributed by atoms with Gasteiger partial charge in [-0.05, 0) is 63.6 Å². The minimum absolute atomic E-state index is 0.493. The molecule has 3 aromatic carbocycles. The average molecular weight is 272 g/mol. The number of carbonyl (C=O) groups is 1. The van der Waals surface area contributed by atoms with E-state index in [1.165, 1.54) is 49.7 Å². The highest BCUT2D eigenvalue weighted by Crippen LogP contribution is 2.50. The molecule has 0 fully saturated rings. The van der Waals surface area contributed by atoms with Crippen molar-refractivity contribution in [3.63, 3.8) is 0 Å². The molecule has 1 aliphatic carbocycles. The Bertz CT molecular complexity index is 903. The van der Waals surface area contributed by atoms with Crippen LogP contribution < -0.4 is 0 Å². The van der Waals surface area contributed by atoms with Gasteiger partial charge in [-0.1, -0.05) is 42.5 Å². The normalized spacial score (nSPS) is 11.7. The second-order valence-corrected chi connectivity index (χ2v) is 5.75. The molecule has 0 spiro atoms. The molecular formula is C20H16O. The van der Waals surface area contributed by atoms with Gasteiger partial charge in [-0.2, -0.15) is 0 Å². The highest BCUT2D eigenvalue weighted by molar-refractivity contribution is 6.17. The maximum Gasteiger partial charge on any atom is 0.124 e. The lowest BCUT2D eigenvalue weighted by atomic mass is 9.88. The number of hydrogen-bond acceptors (Lipinski definition) is 1. The predicted octanol–water partition coefficient (Wildman–Crippen LogP) is 4.85. The lowest BCUT2D eigenvalue weighted by Gasteiger charge is -2.15. The van der Waals surface area contributed by atoms with Crippen LogP contribution in [0, 0.1) is 13.8 Å². The molecule has 0 amide bonds. The number of aryl methyl sites for hydroxylation is 1. The van der Waals surface area contributed by atoms with Crippen LogP contribution >= 0.6 is 0 Å². The Balaban J connectivity index is 2.25. The Labute approximate surface area is 124 Å². The summed E-state index contributed by atoms with van der Waals surface area (Å²) in [5.41, 5.74) is 8.93. The minimum atomic E-state index is 0.493. The fourth-order valence-electron chi connectivity index (χ4n) is 3.80. The SMILES string of the molecule is Cc1c(CC=O)c(C)c2cccc3c2c1-c1ccccc1-3. The Hall–Kier alpha value is -2.41. The summed E-state index contributed by atoms with van der Waals surface area (Å²) >= 11 is 0.